The summed E-state index contributed by atoms with van der Waals surface area (Å²) < 4.78 is 5.11. The zero-order valence-electron chi connectivity index (χ0n) is 13.4. The normalized spacial score (nSPS) is 15.7. The van der Waals surface area contributed by atoms with Crippen molar-refractivity contribution in [1.29, 1.82) is 0 Å². The summed E-state index contributed by atoms with van der Waals surface area (Å²) in [5.41, 5.74) is -0.489. The Labute approximate surface area is 139 Å². The van der Waals surface area contributed by atoms with Crippen molar-refractivity contribution in [3.63, 3.8) is 0 Å². The number of aliphatic carboxylic acids is 1. The van der Waals surface area contributed by atoms with Gasteiger partial charge in [0.1, 0.15) is 5.75 Å². The van der Waals surface area contributed by atoms with Crippen LogP contribution >= 0.6 is 0 Å². The molecule has 130 valence electrons. The zero-order valence-corrected chi connectivity index (χ0v) is 13.4. The molecule has 0 radical (unpaired) electrons. The molecule has 1 aliphatic carbocycles. The Kier molecular flexibility index (Phi) is 5.38. The molecule has 8 nitrogen and oxygen atoms in total. The molecule has 2 N–H and O–H groups in total. The molecule has 0 bridgehead atoms. The minimum atomic E-state index is -0.919. The standard InChI is InChI=1S/C16H20N2O6/c1-24-13-5-4-11(18(22)23)8-12(13)17-14(19)9-16(10-15(20)21)6-2-3-7-16/h4-5,8H,2-3,6-7,9-10H2,1H3,(H,17,19)(H,20,21). The van der Waals surface area contributed by atoms with Gasteiger partial charge in [0.15, 0.2) is 0 Å². The third-order valence-corrected chi connectivity index (χ3v) is 4.39. The van der Waals surface area contributed by atoms with Gasteiger partial charge < -0.3 is 15.2 Å². The lowest BCUT2D eigenvalue weighted by Crippen LogP contribution is -2.27. The second kappa shape index (κ2) is 7.29. The minimum Gasteiger partial charge on any atom is -0.495 e. The predicted molar refractivity (Wildman–Crippen MR) is 86.0 cm³/mol. The molecule has 1 saturated carbocycles. The Morgan fingerprint density at radius 1 is 1.33 bits per heavy atom. The van der Waals surface area contributed by atoms with Crippen molar-refractivity contribution in [3.05, 3.63) is 28.3 Å². The second-order valence-electron chi connectivity index (χ2n) is 6.14. The molecule has 8 heteroatoms. The van der Waals surface area contributed by atoms with Gasteiger partial charge in [-0.2, -0.15) is 0 Å². The van der Waals surface area contributed by atoms with Gasteiger partial charge in [-0.15, -0.1) is 0 Å². The Bertz CT molecular complexity index is 652. The first-order valence-electron chi connectivity index (χ1n) is 7.69. The van der Waals surface area contributed by atoms with Gasteiger partial charge in [0, 0.05) is 18.6 Å². The number of methoxy groups -OCH3 is 1. The maximum absolute atomic E-state index is 12.4. The van der Waals surface area contributed by atoms with E-state index in [0.29, 0.717) is 18.6 Å². The number of carboxylic acids is 1. The number of nitrogens with zero attached hydrogens (tertiary/aromatic N) is 1. The molecule has 1 amide bonds. The summed E-state index contributed by atoms with van der Waals surface area (Å²) in [6.45, 7) is 0. The van der Waals surface area contributed by atoms with E-state index in [1.54, 1.807) is 0 Å². The van der Waals surface area contributed by atoms with Crippen LogP contribution in [0.1, 0.15) is 38.5 Å². The fourth-order valence-corrected chi connectivity index (χ4v) is 3.30. The number of hydrogen-bond donors (Lipinski definition) is 2. The number of non-ortho nitro benzene ring substituents is 1. The first-order chi connectivity index (χ1) is 11.3. The molecule has 0 aromatic heterocycles. The maximum Gasteiger partial charge on any atom is 0.303 e. The van der Waals surface area contributed by atoms with E-state index in [9.17, 15) is 19.7 Å². The third kappa shape index (κ3) is 4.21. The highest BCUT2D eigenvalue weighted by molar-refractivity contribution is 5.93. The number of ether oxygens (including phenoxy) is 1. The second-order valence-corrected chi connectivity index (χ2v) is 6.14. The van der Waals surface area contributed by atoms with E-state index in [2.05, 4.69) is 5.32 Å². The van der Waals surface area contributed by atoms with Crippen LogP contribution in [0.15, 0.2) is 18.2 Å². The molecular weight excluding hydrogens is 316 g/mol. The molecule has 0 spiro atoms. The molecule has 2 rings (SSSR count). The van der Waals surface area contributed by atoms with Crippen molar-refractivity contribution in [3.8, 4) is 5.75 Å². The number of carboxylic acid groups (broad SMARTS) is 1. The number of hydrogen-bond acceptors (Lipinski definition) is 5. The largest absolute Gasteiger partial charge is 0.495 e. The van der Waals surface area contributed by atoms with Crippen LogP contribution in [0.5, 0.6) is 5.75 Å². The number of nitro groups is 1. The van der Waals surface area contributed by atoms with Crippen molar-refractivity contribution in [2.24, 2.45) is 5.41 Å². The van der Waals surface area contributed by atoms with E-state index in [0.717, 1.165) is 12.8 Å². The average Bonchev–Trinajstić information content (AvgIpc) is 2.93. The monoisotopic (exact) mass is 336 g/mol. The molecule has 0 atom stereocenters. The van der Waals surface area contributed by atoms with Gasteiger partial charge in [0.25, 0.3) is 5.69 Å². The number of anilines is 1. The van der Waals surface area contributed by atoms with E-state index in [4.69, 9.17) is 9.84 Å². The molecule has 1 fully saturated rings. The number of nitro benzene ring substituents is 1. The molecule has 1 aromatic rings. The lowest BCUT2D eigenvalue weighted by Gasteiger charge is -2.26. The quantitative estimate of drug-likeness (QED) is 0.583. The fourth-order valence-electron chi connectivity index (χ4n) is 3.30. The number of benzene rings is 1. The Morgan fingerprint density at radius 3 is 2.54 bits per heavy atom. The highest BCUT2D eigenvalue weighted by Crippen LogP contribution is 2.44. The summed E-state index contributed by atoms with van der Waals surface area (Å²) in [4.78, 5) is 33.8. The van der Waals surface area contributed by atoms with E-state index >= 15 is 0 Å². The van der Waals surface area contributed by atoms with Gasteiger partial charge in [-0.25, -0.2) is 0 Å². The summed E-state index contributed by atoms with van der Waals surface area (Å²) in [5, 5.41) is 22.6. The summed E-state index contributed by atoms with van der Waals surface area (Å²) in [6, 6.07) is 3.93. The van der Waals surface area contributed by atoms with E-state index < -0.39 is 16.3 Å². The average molecular weight is 336 g/mol. The molecule has 0 saturated heterocycles. The molecular formula is C16H20N2O6. The summed E-state index contributed by atoms with van der Waals surface area (Å²) in [5.74, 6) is -0.970. The first kappa shape index (κ1) is 17.7. The first-order valence-corrected chi connectivity index (χ1v) is 7.69. The summed E-state index contributed by atoms with van der Waals surface area (Å²) in [7, 11) is 1.40. The van der Waals surface area contributed by atoms with Crippen LogP contribution in [0.4, 0.5) is 11.4 Å². The van der Waals surface area contributed by atoms with Crippen LogP contribution in [0, 0.1) is 15.5 Å². The Balaban J connectivity index is 2.15. The van der Waals surface area contributed by atoms with Crippen LogP contribution in [-0.2, 0) is 9.59 Å². The van der Waals surface area contributed by atoms with Crippen molar-refractivity contribution in [1.82, 2.24) is 0 Å². The van der Waals surface area contributed by atoms with Crippen LogP contribution in [0.2, 0.25) is 0 Å². The van der Waals surface area contributed by atoms with Crippen molar-refractivity contribution in [2.45, 2.75) is 38.5 Å². The van der Waals surface area contributed by atoms with E-state index in [1.165, 1.54) is 25.3 Å². The SMILES string of the molecule is COc1ccc([N+](=O)[O-])cc1NC(=O)CC1(CC(=O)O)CCCC1. The van der Waals surface area contributed by atoms with Gasteiger partial charge in [0.2, 0.25) is 5.91 Å². The summed E-state index contributed by atoms with van der Waals surface area (Å²) >= 11 is 0. The lowest BCUT2D eigenvalue weighted by molar-refractivity contribution is -0.384. The van der Waals surface area contributed by atoms with Gasteiger partial charge in [0.05, 0.1) is 24.1 Å². The summed E-state index contributed by atoms with van der Waals surface area (Å²) in [6.07, 6.45) is 3.22. The highest BCUT2D eigenvalue weighted by atomic mass is 16.6. The fraction of sp³-hybridized carbons (Fsp3) is 0.500. The smallest absolute Gasteiger partial charge is 0.303 e. The van der Waals surface area contributed by atoms with Crippen molar-refractivity contribution in [2.75, 3.05) is 12.4 Å². The van der Waals surface area contributed by atoms with Crippen molar-refractivity contribution >= 4 is 23.3 Å². The Hall–Kier alpha value is -2.64. The van der Waals surface area contributed by atoms with Crippen LogP contribution in [-0.4, -0.2) is 29.0 Å². The molecule has 0 unspecified atom stereocenters. The highest BCUT2D eigenvalue weighted by Gasteiger charge is 2.38. The molecule has 1 aliphatic rings. The lowest BCUT2D eigenvalue weighted by atomic mass is 9.79. The predicted octanol–water partition coefficient (Wildman–Crippen LogP) is 2.97. The number of carbonyl (C=O) groups excluding carboxylic acids is 1. The zero-order chi connectivity index (χ0) is 17.7. The van der Waals surface area contributed by atoms with Crippen LogP contribution < -0.4 is 10.1 Å². The Morgan fingerprint density at radius 2 is 2.00 bits per heavy atom. The number of nitrogens with one attached hydrogen (secondary N) is 1. The molecule has 0 aliphatic heterocycles. The van der Waals surface area contributed by atoms with Gasteiger partial charge in [-0.05, 0) is 24.3 Å². The minimum absolute atomic E-state index is 0.0491. The van der Waals surface area contributed by atoms with Crippen molar-refractivity contribution < 1.29 is 24.4 Å². The van der Waals surface area contributed by atoms with Gasteiger partial charge in [-0.3, -0.25) is 19.7 Å². The molecule has 0 heterocycles. The third-order valence-electron chi connectivity index (χ3n) is 4.39. The van der Waals surface area contributed by atoms with Crippen LogP contribution in [0.3, 0.4) is 0 Å². The number of amides is 1. The number of rotatable bonds is 7. The van der Waals surface area contributed by atoms with Gasteiger partial charge >= 0.3 is 5.97 Å². The number of carbonyl (C=O) groups is 2. The molecule has 1 aromatic carbocycles. The van der Waals surface area contributed by atoms with E-state index in [-0.39, 0.29) is 30.1 Å². The van der Waals surface area contributed by atoms with Gasteiger partial charge in [-0.1, -0.05) is 12.8 Å². The molecule has 24 heavy (non-hydrogen) atoms. The van der Waals surface area contributed by atoms with Crippen LogP contribution in [0.25, 0.3) is 0 Å². The maximum atomic E-state index is 12.4. The topological polar surface area (TPSA) is 119 Å². The van der Waals surface area contributed by atoms with E-state index in [1.807, 2.05) is 0 Å².